The fourth-order valence-corrected chi connectivity index (χ4v) is 1.71. The number of ketones is 1. The second-order valence-electron chi connectivity index (χ2n) is 4.34. The Labute approximate surface area is 88.3 Å². The number of unbranched alkanes of at least 4 members (excludes halogenated alkanes) is 1. The molecule has 0 heterocycles. The summed E-state index contributed by atoms with van der Waals surface area (Å²) in [5, 5.41) is 0. The standard InChI is InChI=1S/C12H25NO/c1-4-6-7-11(5-2)9-12(14)8-10(3)13/h10-11H,4-9,13H2,1-3H3. The van der Waals surface area contributed by atoms with Crippen LogP contribution in [0.1, 0.15) is 59.3 Å². The normalized spacial score (nSPS) is 15.1. The average Bonchev–Trinajstić information content (AvgIpc) is 2.10. The lowest BCUT2D eigenvalue weighted by molar-refractivity contribution is -0.120. The number of Topliss-reactive ketones (excluding diaryl/α,β-unsaturated/α-hetero) is 1. The van der Waals surface area contributed by atoms with Crippen LogP contribution in [0.2, 0.25) is 0 Å². The van der Waals surface area contributed by atoms with E-state index in [9.17, 15) is 4.79 Å². The van der Waals surface area contributed by atoms with E-state index in [2.05, 4.69) is 13.8 Å². The lowest BCUT2D eigenvalue weighted by Crippen LogP contribution is -2.21. The summed E-state index contributed by atoms with van der Waals surface area (Å²) in [4.78, 5) is 11.5. The Balaban J connectivity index is 3.74. The number of nitrogens with two attached hydrogens (primary N) is 1. The largest absolute Gasteiger partial charge is 0.328 e. The lowest BCUT2D eigenvalue weighted by Gasteiger charge is -2.13. The van der Waals surface area contributed by atoms with E-state index in [4.69, 9.17) is 5.73 Å². The van der Waals surface area contributed by atoms with Crippen LogP contribution >= 0.6 is 0 Å². The van der Waals surface area contributed by atoms with Gasteiger partial charge >= 0.3 is 0 Å². The van der Waals surface area contributed by atoms with Crippen LogP contribution in [-0.4, -0.2) is 11.8 Å². The smallest absolute Gasteiger partial charge is 0.134 e. The van der Waals surface area contributed by atoms with Crippen molar-refractivity contribution >= 4 is 5.78 Å². The van der Waals surface area contributed by atoms with Gasteiger partial charge in [-0.15, -0.1) is 0 Å². The van der Waals surface area contributed by atoms with Gasteiger partial charge in [-0.25, -0.2) is 0 Å². The van der Waals surface area contributed by atoms with Gasteiger partial charge in [-0.1, -0.05) is 39.5 Å². The maximum Gasteiger partial charge on any atom is 0.134 e. The van der Waals surface area contributed by atoms with E-state index in [0.29, 0.717) is 18.1 Å². The van der Waals surface area contributed by atoms with Crippen molar-refractivity contribution in [1.82, 2.24) is 0 Å². The SMILES string of the molecule is CCCCC(CC)CC(=O)CC(C)N. The summed E-state index contributed by atoms with van der Waals surface area (Å²) < 4.78 is 0. The molecule has 2 nitrogen and oxygen atoms in total. The van der Waals surface area contributed by atoms with E-state index >= 15 is 0 Å². The van der Waals surface area contributed by atoms with E-state index in [1.54, 1.807) is 0 Å². The summed E-state index contributed by atoms with van der Waals surface area (Å²) in [6.07, 6.45) is 6.05. The summed E-state index contributed by atoms with van der Waals surface area (Å²) in [7, 11) is 0. The Bertz CT molecular complexity index is 154. The summed E-state index contributed by atoms with van der Waals surface area (Å²) >= 11 is 0. The van der Waals surface area contributed by atoms with E-state index in [0.717, 1.165) is 12.8 Å². The first-order valence-electron chi connectivity index (χ1n) is 5.87. The zero-order chi connectivity index (χ0) is 11.0. The molecule has 0 saturated carbocycles. The van der Waals surface area contributed by atoms with Crippen LogP contribution < -0.4 is 5.73 Å². The highest BCUT2D eigenvalue weighted by atomic mass is 16.1. The number of carbonyl (C=O) groups is 1. The van der Waals surface area contributed by atoms with E-state index in [1.165, 1.54) is 19.3 Å². The van der Waals surface area contributed by atoms with Gasteiger partial charge in [0.2, 0.25) is 0 Å². The molecule has 84 valence electrons. The summed E-state index contributed by atoms with van der Waals surface area (Å²) in [6.45, 7) is 6.25. The van der Waals surface area contributed by atoms with Gasteiger partial charge in [0.15, 0.2) is 0 Å². The zero-order valence-electron chi connectivity index (χ0n) is 9.88. The first kappa shape index (κ1) is 13.6. The maximum atomic E-state index is 11.5. The fraction of sp³-hybridized carbons (Fsp3) is 0.917. The van der Waals surface area contributed by atoms with Crippen molar-refractivity contribution in [3.8, 4) is 0 Å². The minimum absolute atomic E-state index is 0.0196. The van der Waals surface area contributed by atoms with E-state index < -0.39 is 0 Å². The molecule has 0 fully saturated rings. The molecule has 0 amide bonds. The van der Waals surface area contributed by atoms with Crippen LogP contribution in [0.15, 0.2) is 0 Å². The van der Waals surface area contributed by atoms with E-state index in [-0.39, 0.29) is 6.04 Å². The van der Waals surface area contributed by atoms with Crippen molar-refractivity contribution in [3.63, 3.8) is 0 Å². The molecule has 0 spiro atoms. The van der Waals surface area contributed by atoms with Crippen LogP contribution in [0.3, 0.4) is 0 Å². The number of rotatable bonds is 8. The quantitative estimate of drug-likeness (QED) is 0.653. The minimum Gasteiger partial charge on any atom is -0.328 e. The molecule has 0 saturated heterocycles. The van der Waals surface area contributed by atoms with Gasteiger partial charge in [-0.2, -0.15) is 0 Å². The molecule has 0 aromatic rings. The van der Waals surface area contributed by atoms with Crippen molar-refractivity contribution in [2.75, 3.05) is 0 Å². The Kier molecular flexibility index (Phi) is 7.77. The van der Waals surface area contributed by atoms with Crippen LogP contribution in [0.25, 0.3) is 0 Å². The number of carbonyl (C=O) groups excluding carboxylic acids is 1. The molecule has 0 aromatic heterocycles. The Morgan fingerprint density at radius 3 is 2.36 bits per heavy atom. The van der Waals surface area contributed by atoms with Crippen LogP contribution in [0, 0.1) is 5.92 Å². The van der Waals surface area contributed by atoms with Crippen molar-refractivity contribution in [2.24, 2.45) is 11.7 Å². The van der Waals surface area contributed by atoms with Gasteiger partial charge in [0.05, 0.1) is 0 Å². The molecule has 0 radical (unpaired) electrons. The van der Waals surface area contributed by atoms with Gasteiger partial charge < -0.3 is 5.73 Å². The summed E-state index contributed by atoms with van der Waals surface area (Å²) in [5.41, 5.74) is 5.59. The highest BCUT2D eigenvalue weighted by Gasteiger charge is 2.12. The average molecular weight is 199 g/mol. The number of hydrogen-bond acceptors (Lipinski definition) is 2. The molecule has 0 aliphatic rings. The third-order valence-electron chi connectivity index (χ3n) is 2.61. The summed E-state index contributed by atoms with van der Waals surface area (Å²) in [6, 6.07) is 0.0196. The molecule has 0 aromatic carbocycles. The second kappa shape index (κ2) is 7.98. The molecular formula is C12H25NO. The molecular weight excluding hydrogens is 174 g/mol. The first-order valence-corrected chi connectivity index (χ1v) is 5.87. The summed E-state index contributed by atoms with van der Waals surface area (Å²) in [5.74, 6) is 0.921. The second-order valence-corrected chi connectivity index (χ2v) is 4.34. The maximum absolute atomic E-state index is 11.5. The zero-order valence-corrected chi connectivity index (χ0v) is 9.88. The predicted octanol–water partition coefficient (Wildman–Crippen LogP) is 2.90. The van der Waals surface area contributed by atoms with E-state index in [1.807, 2.05) is 6.92 Å². The third-order valence-corrected chi connectivity index (χ3v) is 2.61. The molecule has 2 unspecified atom stereocenters. The lowest BCUT2D eigenvalue weighted by atomic mass is 9.92. The molecule has 14 heavy (non-hydrogen) atoms. The first-order chi connectivity index (χ1) is 6.60. The molecule has 0 aliphatic heterocycles. The molecule has 0 aliphatic carbocycles. The monoisotopic (exact) mass is 199 g/mol. The van der Waals surface area contributed by atoms with Gasteiger partial charge in [-0.05, 0) is 12.8 Å². The Hall–Kier alpha value is -0.370. The molecule has 2 heteroatoms. The van der Waals surface area contributed by atoms with Crippen LogP contribution in [0.4, 0.5) is 0 Å². The van der Waals surface area contributed by atoms with Crippen LogP contribution in [0.5, 0.6) is 0 Å². The highest BCUT2D eigenvalue weighted by Crippen LogP contribution is 2.17. The molecule has 2 N–H and O–H groups in total. The number of hydrogen-bond donors (Lipinski definition) is 1. The molecule has 0 bridgehead atoms. The predicted molar refractivity (Wildman–Crippen MR) is 61.2 cm³/mol. The fourth-order valence-electron chi connectivity index (χ4n) is 1.71. The topological polar surface area (TPSA) is 43.1 Å². The van der Waals surface area contributed by atoms with Crippen molar-refractivity contribution < 1.29 is 4.79 Å². The Morgan fingerprint density at radius 2 is 1.93 bits per heavy atom. The molecule has 2 atom stereocenters. The third kappa shape index (κ3) is 7.07. The van der Waals surface area contributed by atoms with Crippen molar-refractivity contribution in [1.29, 1.82) is 0 Å². The van der Waals surface area contributed by atoms with Gasteiger partial charge in [0, 0.05) is 18.9 Å². The van der Waals surface area contributed by atoms with Crippen molar-refractivity contribution in [3.05, 3.63) is 0 Å². The minimum atomic E-state index is 0.0196. The van der Waals surface area contributed by atoms with Gasteiger partial charge in [0.25, 0.3) is 0 Å². The van der Waals surface area contributed by atoms with Crippen LogP contribution in [-0.2, 0) is 4.79 Å². The van der Waals surface area contributed by atoms with Gasteiger partial charge in [0.1, 0.15) is 5.78 Å². The van der Waals surface area contributed by atoms with Crippen molar-refractivity contribution in [2.45, 2.75) is 65.3 Å². The highest BCUT2D eigenvalue weighted by molar-refractivity contribution is 5.79. The Morgan fingerprint density at radius 1 is 1.29 bits per heavy atom. The molecule has 0 rings (SSSR count). The van der Waals surface area contributed by atoms with Gasteiger partial charge in [-0.3, -0.25) is 4.79 Å².